The smallest absolute Gasteiger partial charge is 0.270 e. The van der Waals surface area contributed by atoms with Crippen LogP contribution in [0.15, 0.2) is 79.0 Å². The van der Waals surface area contributed by atoms with E-state index in [1.54, 1.807) is 6.20 Å². The van der Waals surface area contributed by atoms with Crippen LogP contribution in [0.3, 0.4) is 0 Å². The van der Waals surface area contributed by atoms with E-state index in [1.165, 1.54) is 27.9 Å². The van der Waals surface area contributed by atoms with Gasteiger partial charge in [0, 0.05) is 54.7 Å². The van der Waals surface area contributed by atoms with Gasteiger partial charge in [-0.2, -0.15) is 0 Å². The predicted octanol–water partition coefficient (Wildman–Crippen LogP) is 6.42. The van der Waals surface area contributed by atoms with Crippen molar-refractivity contribution in [2.75, 3.05) is 38.1 Å². The van der Waals surface area contributed by atoms with Crippen LogP contribution < -0.4 is 10.2 Å². The summed E-state index contributed by atoms with van der Waals surface area (Å²) in [4.78, 5) is 22.7. The molecule has 2 heterocycles. The van der Waals surface area contributed by atoms with E-state index in [1.807, 2.05) is 37.3 Å². The molecule has 1 N–H and O–H groups in total. The van der Waals surface area contributed by atoms with Crippen molar-refractivity contribution in [3.8, 4) is 22.3 Å². The van der Waals surface area contributed by atoms with Crippen molar-refractivity contribution in [1.29, 1.82) is 0 Å². The summed E-state index contributed by atoms with van der Waals surface area (Å²) in [7, 11) is 2.19. The summed E-state index contributed by atoms with van der Waals surface area (Å²) in [5, 5.41) is 4.02. The van der Waals surface area contributed by atoms with E-state index in [0.717, 1.165) is 62.1 Å². The molecule has 204 valence electrons. The molecule has 1 fully saturated rings. The minimum absolute atomic E-state index is 0.0669. The average molecular weight is 551 g/mol. The zero-order valence-electron chi connectivity index (χ0n) is 23.2. The van der Waals surface area contributed by atoms with Gasteiger partial charge in [0.15, 0.2) is 0 Å². The van der Waals surface area contributed by atoms with Crippen LogP contribution in [0, 0.1) is 6.92 Å². The van der Waals surface area contributed by atoms with Gasteiger partial charge in [0.2, 0.25) is 0 Å². The third kappa shape index (κ3) is 5.49. The largest absolute Gasteiger partial charge is 0.369 e. The third-order valence-electron chi connectivity index (χ3n) is 8.36. The zero-order valence-corrected chi connectivity index (χ0v) is 23.9. The highest BCUT2D eigenvalue weighted by Gasteiger charge is 2.28. The van der Waals surface area contributed by atoms with Gasteiger partial charge in [-0.1, -0.05) is 60.1 Å². The SMILES string of the molecule is Cc1cc(Cl)ccc1-c1ccc(C(=O)N[C@H]2CCc3c(-c4ccccc4)ccc(N4CCN(C)CC4)c3C2)nc1. The van der Waals surface area contributed by atoms with Gasteiger partial charge in [-0.3, -0.25) is 9.78 Å². The van der Waals surface area contributed by atoms with Crippen molar-refractivity contribution >= 4 is 23.2 Å². The summed E-state index contributed by atoms with van der Waals surface area (Å²) < 4.78 is 0. The quantitative estimate of drug-likeness (QED) is 0.312. The Hall–Kier alpha value is -3.67. The van der Waals surface area contributed by atoms with E-state index >= 15 is 0 Å². The summed E-state index contributed by atoms with van der Waals surface area (Å²) >= 11 is 6.12. The third-order valence-corrected chi connectivity index (χ3v) is 8.59. The van der Waals surface area contributed by atoms with Crippen molar-refractivity contribution in [1.82, 2.24) is 15.2 Å². The Morgan fingerprint density at radius 1 is 0.900 bits per heavy atom. The fourth-order valence-electron chi connectivity index (χ4n) is 6.11. The van der Waals surface area contributed by atoms with Gasteiger partial charge in [0.1, 0.15) is 5.69 Å². The number of pyridine rings is 1. The number of hydrogen-bond acceptors (Lipinski definition) is 4. The van der Waals surface area contributed by atoms with Crippen molar-refractivity contribution in [3.05, 3.63) is 106 Å². The second-order valence-electron chi connectivity index (χ2n) is 11.1. The van der Waals surface area contributed by atoms with Gasteiger partial charge in [0.05, 0.1) is 0 Å². The number of aryl methyl sites for hydroxylation is 1. The van der Waals surface area contributed by atoms with Crippen molar-refractivity contribution in [2.45, 2.75) is 32.2 Å². The van der Waals surface area contributed by atoms with Gasteiger partial charge >= 0.3 is 0 Å². The number of nitrogens with one attached hydrogen (secondary N) is 1. The van der Waals surface area contributed by atoms with Gasteiger partial charge in [-0.05, 0) is 90.9 Å². The Balaban J connectivity index is 1.23. The molecule has 1 aliphatic carbocycles. The monoisotopic (exact) mass is 550 g/mol. The number of anilines is 1. The standard InChI is InChI=1S/C34H35ClN4O/c1-23-20-26(35)9-11-28(23)25-8-14-32(36-22-25)34(40)37-27-10-12-30-29(24-6-4-3-5-7-24)13-15-33(31(30)21-27)39-18-16-38(2)17-19-39/h3-9,11,13-15,20,22,27H,10,12,16-19,21H2,1-2H3,(H,37,40)/t27-/m0/s1. The molecule has 1 aromatic heterocycles. The summed E-state index contributed by atoms with van der Waals surface area (Å²) in [6, 6.07) is 24.9. The Labute approximate surface area is 241 Å². The highest BCUT2D eigenvalue weighted by Crippen LogP contribution is 2.38. The molecule has 40 heavy (non-hydrogen) atoms. The topological polar surface area (TPSA) is 48.5 Å². The molecule has 6 heteroatoms. The zero-order chi connectivity index (χ0) is 27.6. The van der Waals surface area contributed by atoms with Crippen LogP contribution in [-0.2, 0) is 12.8 Å². The fraction of sp³-hybridized carbons (Fsp3) is 0.294. The molecule has 5 nitrogen and oxygen atoms in total. The summed E-state index contributed by atoms with van der Waals surface area (Å²) in [5.74, 6) is -0.117. The number of aromatic nitrogens is 1. The average Bonchev–Trinajstić information content (AvgIpc) is 2.98. The molecule has 0 radical (unpaired) electrons. The molecule has 1 atom stereocenters. The summed E-state index contributed by atoms with van der Waals surface area (Å²) in [6.07, 6.45) is 4.45. The predicted molar refractivity (Wildman–Crippen MR) is 164 cm³/mol. The Kier molecular flexibility index (Phi) is 7.59. The fourth-order valence-corrected chi connectivity index (χ4v) is 6.34. The molecule has 0 saturated carbocycles. The number of fused-ring (bicyclic) bond motifs is 1. The number of piperazine rings is 1. The highest BCUT2D eigenvalue weighted by atomic mass is 35.5. The molecule has 0 unspecified atom stereocenters. The first-order valence-electron chi connectivity index (χ1n) is 14.1. The minimum atomic E-state index is -0.117. The lowest BCUT2D eigenvalue weighted by Crippen LogP contribution is -2.45. The normalized spacial score (nSPS) is 17.4. The van der Waals surface area contributed by atoms with Crippen LogP contribution in [0.25, 0.3) is 22.3 Å². The van der Waals surface area contributed by atoms with E-state index in [0.29, 0.717) is 10.7 Å². The lowest BCUT2D eigenvalue weighted by atomic mass is 9.82. The molecule has 0 spiro atoms. The maximum atomic E-state index is 13.3. The molecule has 4 aromatic rings. The molecule has 1 saturated heterocycles. The van der Waals surface area contributed by atoms with E-state index in [-0.39, 0.29) is 11.9 Å². The number of rotatable bonds is 5. The molecule has 3 aromatic carbocycles. The Morgan fingerprint density at radius 2 is 1.68 bits per heavy atom. The van der Waals surface area contributed by atoms with Crippen LogP contribution >= 0.6 is 11.6 Å². The van der Waals surface area contributed by atoms with Crippen molar-refractivity contribution < 1.29 is 4.79 Å². The van der Waals surface area contributed by atoms with Gasteiger partial charge in [-0.25, -0.2) is 0 Å². The number of likely N-dealkylation sites (N-methyl/N-ethyl adjacent to an activating group) is 1. The van der Waals surface area contributed by atoms with Gasteiger partial charge in [-0.15, -0.1) is 0 Å². The maximum Gasteiger partial charge on any atom is 0.270 e. The lowest BCUT2D eigenvalue weighted by molar-refractivity contribution is 0.0928. The van der Waals surface area contributed by atoms with E-state index in [4.69, 9.17) is 11.6 Å². The second-order valence-corrected chi connectivity index (χ2v) is 11.5. The molecule has 1 aliphatic heterocycles. The van der Waals surface area contributed by atoms with E-state index in [9.17, 15) is 4.79 Å². The first kappa shape index (κ1) is 26.5. The number of amides is 1. The Bertz CT molecular complexity index is 1510. The molecule has 6 rings (SSSR count). The summed E-state index contributed by atoms with van der Waals surface area (Å²) in [6.45, 7) is 6.20. The number of halogens is 1. The van der Waals surface area contributed by atoms with Crippen LogP contribution in [0.4, 0.5) is 5.69 Å². The lowest BCUT2D eigenvalue weighted by Gasteiger charge is -2.38. The first-order chi connectivity index (χ1) is 19.5. The molecular formula is C34H35ClN4O. The van der Waals surface area contributed by atoms with Gasteiger partial charge in [0.25, 0.3) is 5.91 Å². The number of benzene rings is 3. The molecule has 0 bridgehead atoms. The number of carbonyl (C=O) groups excluding carboxylic acids is 1. The van der Waals surface area contributed by atoms with E-state index in [2.05, 4.69) is 69.6 Å². The highest BCUT2D eigenvalue weighted by molar-refractivity contribution is 6.30. The molecule has 1 amide bonds. The Morgan fingerprint density at radius 3 is 2.40 bits per heavy atom. The first-order valence-corrected chi connectivity index (χ1v) is 14.5. The number of carbonyl (C=O) groups is 1. The van der Waals surface area contributed by atoms with Crippen molar-refractivity contribution in [3.63, 3.8) is 0 Å². The minimum Gasteiger partial charge on any atom is -0.369 e. The second kappa shape index (κ2) is 11.4. The van der Waals surface area contributed by atoms with Crippen LogP contribution in [-0.4, -0.2) is 55.1 Å². The summed E-state index contributed by atoms with van der Waals surface area (Å²) in [5.41, 5.74) is 10.3. The van der Waals surface area contributed by atoms with Crippen molar-refractivity contribution in [2.24, 2.45) is 0 Å². The molecular weight excluding hydrogens is 516 g/mol. The van der Waals surface area contributed by atoms with Crippen LogP contribution in [0.1, 0.15) is 33.6 Å². The van der Waals surface area contributed by atoms with E-state index < -0.39 is 0 Å². The maximum absolute atomic E-state index is 13.3. The molecule has 2 aliphatic rings. The van der Waals surface area contributed by atoms with Crippen LogP contribution in [0.2, 0.25) is 5.02 Å². The van der Waals surface area contributed by atoms with Crippen LogP contribution in [0.5, 0.6) is 0 Å². The van der Waals surface area contributed by atoms with Gasteiger partial charge < -0.3 is 15.1 Å². The number of hydrogen-bond donors (Lipinski definition) is 1. The number of nitrogens with zero attached hydrogens (tertiary/aromatic N) is 3.